The van der Waals surface area contributed by atoms with Crippen LogP contribution in [0.2, 0.25) is 0 Å². The van der Waals surface area contributed by atoms with Crippen LogP contribution >= 0.6 is 0 Å². The van der Waals surface area contributed by atoms with Crippen molar-refractivity contribution in [2.24, 2.45) is 17.8 Å². The maximum atomic E-state index is 10.4. The Morgan fingerprint density at radius 1 is 0.875 bits per heavy atom. The highest BCUT2D eigenvalue weighted by Gasteiger charge is 1.97. The van der Waals surface area contributed by atoms with Gasteiger partial charge in [0.1, 0.15) is 6.29 Å². The Hall–Kier alpha value is -0.850. The fraction of sp³-hybridized carbons (Fsp3) is 0.667. The van der Waals surface area contributed by atoms with Crippen molar-refractivity contribution >= 4 is 6.29 Å². The second-order valence-electron chi connectivity index (χ2n) is 4.80. The summed E-state index contributed by atoms with van der Waals surface area (Å²) in [5, 5.41) is 0. The van der Waals surface area contributed by atoms with Gasteiger partial charge in [0.05, 0.1) is 0 Å². The van der Waals surface area contributed by atoms with Crippen LogP contribution < -0.4 is 0 Å². The molecule has 1 nitrogen and oxygen atoms in total. The second-order valence-corrected chi connectivity index (χ2v) is 4.80. The number of allylic oxidation sites excluding steroid dienone is 4. The number of aldehydes is 1. The first-order valence-corrected chi connectivity index (χ1v) is 6.38. The van der Waals surface area contributed by atoms with E-state index in [2.05, 4.69) is 45.1 Å². The van der Waals surface area contributed by atoms with Crippen molar-refractivity contribution in [3.8, 4) is 0 Å². The first-order valence-electron chi connectivity index (χ1n) is 6.38. The molecular weight excluding hydrogens is 196 g/mol. The first kappa shape index (κ1) is 15.2. The third-order valence-corrected chi connectivity index (χ3v) is 2.82. The quantitative estimate of drug-likeness (QED) is 0.439. The Bertz CT molecular complexity index is 228. The smallest absolute Gasteiger partial charge is 0.123 e. The molecule has 0 spiro atoms. The van der Waals surface area contributed by atoms with Crippen LogP contribution in [0.3, 0.4) is 0 Å². The Labute approximate surface area is 101 Å². The van der Waals surface area contributed by atoms with Gasteiger partial charge in [0.25, 0.3) is 0 Å². The molecule has 0 saturated heterocycles. The molecule has 0 heterocycles. The number of hydrogen-bond acceptors (Lipinski definition) is 1. The van der Waals surface area contributed by atoms with Crippen molar-refractivity contribution in [3.63, 3.8) is 0 Å². The van der Waals surface area contributed by atoms with Crippen LogP contribution in [0.15, 0.2) is 24.3 Å². The van der Waals surface area contributed by atoms with E-state index in [1.165, 1.54) is 6.42 Å². The fourth-order valence-electron chi connectivity index (χ4n) is 1.32. The topological polar surface area (TPSA) is 17.1 Å². The summed E-state index contributed by atoms with van der Waals surface area (Å²) < 4.78 is 0. The molecule has 0 aromatic carbocycles. The molecular formula is C15H26O. The van der Waals surface area contributed by atoms with E-state index in [0.29, 0.717) is 11.8 Å². The molecule has 0 N–H and O–H groups in total. The van der Waals surface area contributed by atoms with Gasteiger partial charge in [0, 0.05) is 5.92 Å². The van der Waals surface area contributed by atoms with Crippen LogP contribution in [0.1, 0.15) is 47.0 Å². The Kier molecular flexibility index (Phi) is 8.88. The summed E-state index contributed by atoms with van der Waals surface area (Å²) in [5.74, 6) is 1.41. The van der Waals surface area contributed by atoms with Crippen LogP contribution in [0.4, 0.5) is 0 Å². The number of carbonyl (C=O) groups is 1. The molecule has 0 rings (SSSR count). The van der Waals surface area contributed by atoms with Crippen molar-refractivity contribution in [2.45, 2.75) is 47.0 Å². The number of rotatable bonds is 8. The molecule has 0 radical (unpaired) electrons. The molecule has 0 bridgehead atoms. The standard InChI is InChI=1S/C15H26O/c1-5-13(2)8-6-9-14(3)10-7-11-15(4)12-16/h6-8,10,12-15H,5,9,11H2,1-4H3/b8-6+,10-7+. The molecule has 0 fully saturated rings. The molecule has 0 amide bonds. The minimum absolute atomic E-state index is 0.152. The van der Waals surface area contributed by atoms with Crippen LogP contribution in [-0.4, -0.2) is 6.29 Å². The zero-order valence-electron chi connectivity index (χ0n) is 11.1. The van der Waals surface area contributed by atoms with Crippen molar-refractivity contribution in [3.05, 3.63) is 24.3 Å². The molecule has 1 heteroatoms. The second kappa shape index (κ2) is 9.38. The predicted molar refractivity (Wildman–Crippen MR) is 71.4 cm³/mol. The van der Waals surface area contributed by atoms with Gasteiger partial charge in [-0.25, -0.2) is 0 Å². The van der Waals surface area contributed by atoms with Crippen molar-refractivity contribution in [1.29, 1.82) is 0 Å². The van der Waals surface area contributed by atoms with Crippen LogP contribution in [0, 0.1) is 17.8 Å². The Balaban J connectivity index is 3.77. The summed E-state index contributed by atoms with van der Waals surface area (Å²) >= 11 is 0. The number of carbonyl (C=O) groups excluding carboxylic acids is 1. The SMILES string of the molecule is CCC(C)/C=C/CC(C)/C=C/CC(C)C=O. The summed E-state index contributed by atoms with van der Waals surface area (Å²) in [6, 6.07) is 0. The Morgan fingerprint density at radius 2 is 1.38 bits per heavy atom. The highest BCUT2D eigenvalue weighted by Crippen LogP contribution is 2.09. The molecule has 0 aliphatic rings. The van der Waals surface area contributed by atoms with E-state index in [1.807, 2.05) is 6.92 Å². The minimum Gasteiger partial charge on any atom is -0.303 e. The third-order valence-electron chi connectivity index (χ3n) is 2.82. The van der Waals surface area contributed by atoms with Crippen LogP contribution in [0.5, 0.6) is 0 Å². The molecule has 0 aromatic rings. The summed E-state index contributed by atoms with van der Waals surface area (Å²) in [6.45, 7) is 8.61. The molecule has 0 saturated carbocycles. The highest BCUT2D eigenvalue weighted by atomic mass is 16.1. The molecule has 92 valence electrons. The third kappa shape index (κ3) is 8.46. The van der Waals surface area contributed by atoms with Crippen molar-refractivity contribution in [2.75, 3.05) is 0 Å². The molecule has 3 unspecified atom stereocenters. The first-order chi connectivity index (χ1) is 7.60. The van der Waals surface area contributed by atoms with Gasteiger partial charge in [-0.1, -0.05) is 58.4 Å². The van der Waals surface area contributed by atoms with E-state index in [-0.39, 0.29) is 5.92 Å². The molecule has 3 atom stereocenters. The van der Waals surface area contributed by atoms with E-state index in [0.717, 1.165) is 19.1 Å². The van der Waals surface area contributed by atoms with Gasteiger partial charge in [-0.3, -0.25) is 0 Å². The van der Waals surface area contributed by atoms with Crippen molar-refractivity contribution < 1.29 is 4.79 Å². The maximum absolute atomic E-state index is 10.4. The van der Waals surface area contributed by atoms with E-state index in [1.54, 1.807) is 0 Å². The van der Waals surface area contributed by atoms with Crippen LogP contribution in [0.25, 0.3) is 0 Å². The minimum atomic E-state index is 0.152. The lowest BCUT2D eigenvalue weighted by molar-refractivity contribution is -0.110. The largest absolute Gasteiger partial charge is 0.303 e. The van der Waals surface area contributed by atoms with Crippen LogP contribution in [-0.2, 0) is 4.79 Å². The van der Waals surface area contributed by atoms with E-state index >= 15 is 0 Å². The van der Waals surface area contributed by atoms with E-state index in [4.69, 9.17) is 0 Å². The molecule has 16 heavy (non-hydrogen) atoms. The van der Waals surface area contributed by atoms with Gasteiger partial charge >= 0.3 is 0 Å². The zero-order valence-corrected chi connectivity index (χ0v) is 11.1. The summed E-state index contributed by atoms with van der Waals surface area (Å²) in [4.78, 5) is 10.4. The molecule has 0 aliphatic heterocycles. The average Bonchev–Trinajstić information content (AvgIpc) is 2.28. The summed E-state index contributed by atoms with van der Waals surface area (Å²) in [5.41, 5.74) is 0. The lowest BCUT2D eigenvalue weighted by atomic mass is 10.0. The summed E-state index contributed by atoms with van der Waals surface area (Å²) in [7, 11) is 0. The maximum Gasteiger partial charge on any atom is 0.123 e. The predicted octanol–water partition coefficient (Wildman–Crippen LogP) is 4.40. The van der Waals surface area contributed by atoms with Gasteiger partial charge in [-0.2, -0.15) is 0 Å². The van der Waals surface area contributed by atoms with E-state index in [9.17, 15) is 4.79 Å². The molecule has 0 aromatic heterocycles. The fourth-order valence-corrected chi connectivity index (χ4v) is 1.32. The average molecular weight is 222 g/mol. The normalized spacial score (nSPS) is 17.8. The van der Waals surface area contributed by atoms with Gasteiger partial charge in [-0.05, 0) is 24.7 Å². The zero-order chi connectivity index (χ0) is 12.4. The van der Waals surface area contributed by atoms with Crippen molar-refractivity contribution in [1.82, 2.24) is 0 Å². The summed E-state index contributed by atoms with van der Waals surface area (Å²) in [6.07, 6.45) is 13.1. The van der Waals surface area contributed by atoms with Gasteiger partial charge in [-0.15, -0.1) is 0 Å². The molecule has 0 aliphatic carbocycles. The Morgan fingerprint density at radius 3 is 1.88 bits per heavy atom. The number of hydrogen-bond donors (Lipinski definition) is 0. The van der Waals surface area contributed by atoms with Gasteiger partial charge in [0.2, 0.25) is 0 Å². The monoisotopic (exact) mass is 222 g/mol. The lowest BCUT2D eigenvalue weighted by Crippen LogP contribution is -1.93. The van der Waals surface area contributed by atoms with E-state index < -0.39 is 0 Å². The highest BCUT2D eigenvalue weighted by molar-refractivity contribution is 5.52. The van der Waals surface area contributed by atoms with Gasteiger partial charge < -0.3 is 4.79 Å². The lowest BCUT2D eigenvalue weighted by Gasteiger charge is -2.04. The van der Waals surface area contributed by atoms with Gasteiger partial charge in [0.15, 0.2) is 0 Å².